The fraction of sp³-hybridized carbons (Fsp3) is 0.429. The van der Waals surface area contributed by atoms with Crippen LogP contribution in [0.2, 0.25) is 5.02 Å². The molecular weight excluding hydrogens is 280 g/mol. The Morgan fingerprint density at radius 1 is 1.15 bits per heavy atom. The molecule has 0 atom stereocenters. The fourth-order valence-electron chi connectivity index (χ4n) is 2.02. The van der Waals surface area contributed by atoms with Crippen molar-refractivity contribution in [3.8, 4) is 0 Å². The molecule has 0 saturated carbocycles. The van der Waals surface area contributed by atoms with Crippen molar-refractivity contribution >= 4 is 23.4 Å². The van der Waals surface area contributed by atoms with E-state index in [9.17, 15) is 9.59 Å². The number of ether oxygens (including phenoxy) is 1. The highest BCUT2D eigenvalue weighted by Gasteiger charge is 2.21. The van der Waals surface area contributed by atoms with Gasteiger partial charge in [0.15, 0.2) is 0 Å². The van der Waals surface area contributed by atoms with Gasteiger partial charge in [0, 0.05) is 24.2 Å². The van der Waals surface area contributed by atoms with Gasteiger partial charge in [0.2, 0.25) is 11.8 Å². The van der Waals surface area contributed by atoms with Crippen LogP contribution in [0.1, 0.15) is 18.4 Å². The lowest BCUT2D eigenvalue weighted by atomic mass is 10.00. The Morgan fingerprint density at radius 3 is 2.45 bits per heavy atom. The number of rotatable bonds is 3. The molecule has 2 amide bonds. The molecule has 2 N–H and O–H groups in total. The third kappa shape index (κ3) is 4.51. The molecule has 1 aliphatic heterocycles. The number of benzene rings is 1. The molecule has 20 heavy (non-hydrogen) atoms. The van der Waals surface area contributed by atoms with E-state index in [1.54, 1.807) is 24.3 Å². The van der Waals surface area contributed by atoms with Gasteiger partial charge in [0.1, 0.15) is 0 Å². The van der Waals surface area contributed by atoms with E-state index in [2.05, 4.69) is 10.9 Å². The molecule has 1 heterocycles. The molecule has 108 valence electrons. The normalized spacial score (nSPS) is 15.7. The largest absolute Gasteiger partial charge is 0.381 e. The topological polar surface area (TPSA) is 67.4 Å². The van der Waals surface area contributed by atoms with Crippen molar-refractivity contribution in [3.63, 3.8) is 0 Å². The van der Waals surface area contributed by atoms with E-state index in [0.29, 0.717) is 31.1 Å². The Balaban J connectivity index is 1.74. The highest BCUT2D eigenvalue weighted by molar-refractivity contribution is 6.30. The second-order valence-electron chi connectivity index (χ2n) is 4.73. The van der Waals surface area contributed by atoms with Gasteiger partial charge in [0.05, 0.1) is 6.42 Å². The summed E-state index contributed by atoms with van der Waals surface area (Å²) in [7, 11) is 0. The van der Waals surface area contributed by atoms with E-state index in [1.807, 2.05) is 0 Å². The van der Waals surface area contributed by atoms with E-state index in [1.165, 1.54) is 0 Å². The van der Waals surface area contributed by atoms with E-state index in [0.717, 1.165) is 5.56 Å². The molecule has 1 saturated heterocycles. The zero-order chi connectivity index (χ0) is 14.4. The Hall–Kier alpha value is -1.59. The van der Waals surface area contributed by atoms with Gasteiger partial charge in [-0.3, -0.25) is 20.4 Å². The van der Waals surface area contributed by atoms with E-state index in [-0.39, 0.29) is 24.2 Å². The zero-order valence-electron chi connectivity index (χ0n) is 11.0. The number of hydrogen-bond donors (Lipinski definition) is 2. The number of hydrogen-bond acceptors (Lipinski definition) is 3. The lowest BCUT2D eigenvalue weighted by molar-refractivity contribution is -0.133. The first-order valence-corrected chi connectivity index (χ1v) is 6.94. The molecule has 1 fully saturated rings. The maximum absolute atomic E-state index is 11.8. The minimum absolute atomic E-state index is 0.0837. The molecular formula is C14H17ClN2O3. The van der Waals surface area contributed by atoms with Crippen LogP contribution >= 0.6 is 11.6 Å². The number of amides is 2. The average Bonchev–Trinajstić information content (AvgIpc) is 2.48. The lowest BCUT2D eigenvalue weighted by Crippen LogP contribution is -2.46. The van der Waals surface area contributed by atoms with Gasteiger partial charge in [-0.15, -0.1) is 0 Å². The molecule has 0 bridgehead atoms. The van der Waals surface area contributed by atoms with Crippen molar-refractivity contribution in [3.05, 3.63) is 34.9 Å². The van der Waals surface area contributed by atoms with Crippen molar-refractivity contribution < 1.29 is 14.3 Å². The van der Waals surface area contributed by atoms with Gasteiger partial charge in [0.25, 0.3) is 0 Å². The highest BCUT2D eigenvalue weighted by Crippen LogP contribution is 2.14. The van der Waals surface area contributed by atoms with Crippen molar-refractivity contribution in [2.45, 2.75) is 19.3 Å². The number of halogens is 1. The standard InChI is InChI=1S/C14H17ClN2O3/c15-12-3-1-10(2-4-12)9-13(18)16-17-14(19)11-5-7-20-8-6-11/h1-4,11H,5-9H2,(H,16,18)(H,17,19). The van der Waals surface area contributed by atoms with Crippen LogP contribution in [0.3, 0.4) is 0 Å². The molecule has 0 radical (unpaired) electrons. The Bertz CT molecular complexity index is 470. The van der Waals surface area contributed by atoms with Crippen LogP contribution in [0.25, 0.3) is 0 Å². The van der Waals surface area contributed by atoms with Crippen LogP contribution < -0.4 is 10.9 Å². The minimum Gasteiger partial charge on any atom is -0.381 e. The number of carbonyl (C=O) groups excluding carboxylic acids is 2. The monoisotopic (exact) mass is 296 g/mol. The summed E-state index contributed by atoms with van der Waals surface area (Å²) < 4.78 is 5.19. The predicted octanol–water partition coefficient (Wildman–Crippen LogP) is 1.46. The molecule has 5 nitrogen and oxygen atoms in total. The zero-order valence-corrected chi connectivity index (χ0v) is 11.8. The molecule has 0 aromatic heterocycles. The maximum Gasteiger partial charge on any atom is 0.242 e. The minimum atomic E-state index is -0.257. The molecule has 6 heteroatoms. The lowest BCUT2D eigenvalue weighted by Gasteiger charge is -2.21. The summed E-state index contributed by atoms with van der Waals surface area (Å²) in [4.78, 5) is 23.5. The summed E-state index contributed by atoms with van der Waals surface area (Å²) in [6.07, 6.45) is 1.59. The summed E-state index contributed by atoms with van der Waals surface area (Å²) in [6.45, 7) is 1.19. The van der Waals surface area contributed by atoms with Crippen molar-refractivity contribution in [1.29, 1.82) is 0 Å². The maximum atomic E-state index is 11.8. The third-order valence-electron chi connectivity index (χ3n) is 3.20. The smallest absolute Gasteiger partial charge is 0.242 e. The van der Waals surface area contributed by atoms with E-state index in [4.69, 9.17) is 16.3 Å². The Kier molecular flexibility index (Phi) is 5.38. The second-order valence-corrected chi connectivity index (χ2v) is 5.16. The van der Waals surface area contributed by atoms with Gasteiger partial charge in [-0.05, 0) is 30.5 Å². The summed E-state index contributed by atoms with van der Waals surface area (Å²) in [5.41, 5.74) is 5.73. The van der Waals surface area contributed by atoms with Gasteiger partial charge >= 0.3 is 0 Å². The van der Waals surface area contributed by atoms with Crippen LogP contribution in [0, 0.1) is 5.92 Å². The molecule has 0 unspecified atom stereocenters. The first-order valence-electron chi connectivity index (χ1n) is 6.56. The highest BCUT2D eigenvalue weighted by atomic mass is 35.5. The molecule has 0 spiro atoms. The molecule has 1 aliphatic rings. The Labute approximate surface area is 122 Å². The van der Waals surface area contributed by atoms with Crippen molar-refractivity contribution in [2.24, 2.45) is 5.92 Å². The molecule has 0 aliphatic carbocycles. The number of nitrogens with one attached hydrogen (secondary N) is 2. The number of carbonyl (C=O) groups is 2. The van der Waals surface area contributed by atoms with E-state index >= 15 is 0 Å². The van der Waals surface area contributed by atoms with Crippen LogP contribution in [0.5, 0.6) is 0 Å². The van der Waals surface area contributed by atoms with Gasteiger partial charge < -0.3 is 4.74 Å². The van der Waals surface area contributed by atoms with Gasteiger partial charge in [-0.1, -0.05) is 23.7 Å². The molecule has 2 rings (SSSR count). The first kappa shape index (κ1) is 14.8. The summed E-state index contributed by atoms with van der Waals surface area (Å²) in [5.74, 6) is -0.495. The quantitative estimate of drug-likeness (QED) is 0.830. The van der Waals surface area contributed by atoms with Crippen molar-refractivity contribution in [2.75, 3.05) is 13.2 Å². The van der Waals surface area contributed by atoms with Crippen LogP contribution in [0.15, 0.2) is 24.3 Å². The first-order chi connectivity index (χ1) is 9.65. The molecule has 1 aromatic carbocycles. The predicted molar refractivity (Wildman–Crippen MR) is 75.0 cm³/mol. The average molecular weight is 297 g/mol. The van der Waals surface area contributed by atoms with Crippen molar-refractivity contribution in [1.82, 2.24) is 10.9 Å². The van der Waals surface area contributed by atoms with E-state index < -0.39 is 0 Å². The van der Waals surface area contributed by atoms with Gasteiger partial charge in [-0.25, -0.2) is 0 Å². The van der Waals surface area contributed by atoms with Crippen LogP contribution in [-0.4, -0.2) is 25.0 Å². The Morgan fingerprint density at radius 2 is 1.80 bits per heavy atom. The van der Waals surface area contributed by atoms with Crippen LogP contribution in [-0.2, 0) is 20.7 Å². The SMILES string of the molecule is O=C(Cc1ccc(Cl)cc1)NNC(=O)C1CCOCC1. The molecule has 1 aromatic rings. The second kappa shape index (κ2) is 7.26. The third-order valence-corrected chi connectivity index (χ3v) is 3.45. The fourth-order valence-corrected chi connectivity index (χ4v) is 2.15. The summed E-state index contributed by atoms with van der Waals surface area (Å²) in [6, 6.07) is 7.01. The summed E-state index contributed by atoms with van der Waals surface area (Å²) >= 11 is 5.77. The van der Waals surface area contributed by atoms with Gasteiger partial charge in [-0.2, -0.15) is 0 Å². The summed E-state index contributed by atoms with van der Waals surface area (Å²) in [5, 5.41) is 0.627. The van der Waals surface area contributed by atoms with Crippen LogP contribution in [0.4, 0.5) is 0 Å². The number of hydrazine groups is 1.